The van der Waals surface area contributed by atoms with E-state index in [0.717, 1.165) is 29.9 Å². The minimum Gasteiger partial charge on any atom is -0.479 e. The maximum absolute atomic E-state index is 12.2. The van der Waals surface area contributed by atoms with Crippen LogP contribution in [0.3, 0.4) is 0 Å². The van der Waals surface area contributed by atoms with Crippen LogP contribution in [0.15, 0.2) is 73.6 Å². The number of carboxylic acids is 1. The number of likely N-dealkylation sites (tertiary alicyclic amines) is 1. The lowest BCUT2D eigenvalue weighted by Gasteiger charge is -2.32. The van der Waals surface area contributed by atoms with Gasteiger partial charge in [-0.2, -0.15) is 5.10 Å². The number of nitrogens with zero attached hydrogens (tertiary/aromatic N) is 5. The van der Waals surface area contributed by atoms with Crippen molar-refractivity contribution in [3.05, 3.63) is 73.6 Å². The number of para-hydroxylation sites is 1. The van der Waals surface area contributed by atoms with E-state index in [9.17, 15) is 9.59 Å². The number of aliphatic carboxylic acids is 1. The number of nitrogen functional groups attached to an aromatic ring is 1. The number of aromatic nitrogens is 4. The van der Waals surface area contributed by atoms with E-state index in [-0.39, 0.29) is 11.9 Å². The third kappa shape index (κ3) is 7.82. The highest BCUT2D eigenvalue weighted by atomic mass is 16.5. The third-order valence-corrected chi connectivity index (χ3v) is 7.36. The van der Waals surface area contributed by atoms with Crippen molar-refractivity contribution in [2.24, 2.45) is 0 Å². The fourth-order valence-corrected chi connectivity index (χ4v) is 4.91. The van der Waals surface area contributed by atoms with Crippen LogP contribution in [0.25, 0.3) is 22.3 Å². The molecule has 46 heavy (non-hydrogen) atoms. The Morgan fingerprint density at radius 1 is 1.02 bits per heavy atom. The van der Waals surface area contributed by atoms with Crippen LogP contribution in [0.4, 0.5) is 5.82 Å². The lowest BCUT2D eigenvalue weighted by atomic mass is 10.0. The number of piperidine rings is 1. The lowest BCUT2D eigenvalue weighted by molar-refractivity contribution is -0.164. The molecule has 1 amide bonds. The minimum atomic E-state index is -2.20. The summed E-state index contributed by atoms with van der Waals surface area (Å²) in [6.07, 6.45) is -3.26. The molecule has 1 fully saturated rings. The maximum Gasteiger partial charge on any atom is 0.335 e. The van der Waals surface area contributed by atoms with E-state index < -0.39 is 37.0 Å². The molecule has 3 heterocycles. The van der Waals surface area contributed by atoms with Gasteiger partial charge in [-0.05, 0) is 55.3 Å². The molecule has 5 atom stereocenters. The zero-order valence-corrected chi connectivity index (χ0v) is 24.7. The molecule has 2 aromatic heterocycles. The van der Waals surface area contributed by atoms with Crippen molar-refractivity contribution in [2.45, 2.75) is 43.3 Å². The molecule has 0 bridgehead atoms. The van der Waals surface area contributed by atoms with E-state index in [2.05, 4.69) is 16.5 Å². The Morgan fingerprint density at radius 2 is 1.70 bits per heavy atom. The molecular formula is C31H36N6O9. The van der Waals surface area contributed by atoms with Crippen molar-refractivity contribution in [1.29, 1.82) is 0 Å². The van der Waals surface area contributed by atoms with Gasteiger partial charge >= 0.3 is 5.97 Å². The molecule has 0 aliphatic carbocycles. The normalized spacial score (nSPS) is 17.2. The maximum atomic E-state index is 12.2. The summed E-state index contributed by atoms with van der Waals surface area (Å²) in [5.41, 5.74) is 8.52. The fraction of sp³-hybridized carbons (Fsp3) is 0.323. The number of hydrogen-bond donors (Lipinski definition) is 7. The molecule has 0 spiro atoms. The number of carboxylic acid groups (broad SMARTS) is 1. The summed E-state index contributed by atoms with van der Waals surface area (Å²) in [6.45, 7) is 4.03. The molecule has 5 rings (SSSR count). The molecule has 15 nitrogen and oxygen atoms in total. The summed E-state index contributed by atoms with van der Waals surface area (Å²) in [5.74, 6) is 0.0780. The molecule has 1 aliphatic heterocycles. The van der Waals surface area contributed by atoms with Gasteiger partial charge in [-0.15, -0.1) is 0 Å². The van der Waals surface area contributed by atoms with Gasteiger partial charge in [-0.25, -0.2) is 19.4 Å². The minimum absolute atomic E-state index is 0.00566. The summed E-state index contributed by atoms with van der Waals surface area (Å²) < 4.78 is 7.79. The van der Waals surface area contributed by atoms with E-state index in [1.807, 2.05) is 59.3 Å². The van der Waals surface area contributed by atoms with Gasteiger partial charge in [0.15, 0.2) is 11.8 Å². The molecule has 1 aliphatic rings. The summed E-state index contributed by atoms with van der Waals surface area (Å²) in [4.78, 5) is 32.7. The zero-order valence-electron chi connectivity index (χ0n) is 24.7. The Balaban J connectivity index is 0.000000315. The number of hydrogen-bond acceptors (Lipinski definition) is 12. The monoisotopic (exact) mass is 636 g/mol. The fourth-order valence-electron chi connectivity index (χ4n) is 4.91. The van der Waals surface area contributed by atoms with Gasteiger partial charge in [-0.3, -0.25) is 4.79 Å². The number of nitrogens with two attached hydrogens (primary N) is 1. The Morgan fingerprint density at radius 3 is 2.33 bits per heavy atom. The second-order valence-electron chi connectivity index (χ2n) is 10.5. The number of carbonyl (C=O) groups excluding carboxylic acids is 1. The van der Waals surface area contributed by atoms with Crippen molar-refractivity contribution in [2.75, 3.05) is 25.4 Å². The molecule has 2 aromatic carbocycles. The van der Waals surface area contributed by atoms with E-state index in [4.69, 9.17) is 46.2 Å². The number of ether oxygens (including phenoxy) is 1. The van der Waals surface area contributed by atoms with Crippen molar-refractivity contribution in [3.63, 3.8) is 0 Å². The van der Waals surface area contributed by atoms with Gasteiger partial charge < -0.3 is 46.0 Å². The van der Waals surface area contributed by atoms with Crippen molar-refractivity contribution < 1.29 is 45.0 Å². The molecule has 8 N–H and O–H groups in total. The number of amides is 1. The van der Waals surface area contributed by atoms with Gasteiger partial charge in [0, 0.05) is 18.7 Å². The van der Waals surface area contributed by atoms with Crippen LogP contribution < -0.4 is 10.5 Å². The molecule has 0 radical (unpaired) electrons. The molecular weight excluding hydrogens is 600 g/mol. The van der Waals surface area contributed by atoms with Crippen LogP contribution in [0.5, 0.6) is 11.5 Å². The largest absolute Gasteiger partial charge is 0.479 e. The number of carbonyl (C=O) groups is 2. The molecule has 15 heteroatoms. The second kappa shape index (κ2) is 15.4. The average molecular weight is 637 g/mol. The van der Waals surface area contributed by atoms with E-state index in [1.54, 1.807) is 4.90 Å². The lowest BCUT2D eigenvalue weighted by Crippen LogP contribution is -2.48. The van der Waals surface area contributed by atoms with Gasteiger partial charge in [0.05, 0.1) is 18.0 Å². The Labute approximate surface area is 263 Å². The van der Waals surface area contributed by atoms with Crippen LogP contribution >= 0.6 is 0 Å². The van der Waals surface area contributed by atoms with Gasteiger partial charge in [0.1, 0.15) is 47.7 Å². The third-order valence-electron chi connectivity index (χ3n) is 7.36. The second-order valence-corrected chi connectivity index (χ2v) is 10.5. The quantitative estimate of drug-likeness (QED) is 0.119. The molecule has 1 saturated heterocycles. The Kier molecular flexibility index (Phi) is 11.3. The SMILES string of the molecule is C=CC(=O)N1CCC[C@@H](n2nc(-c3ccc(Oc4ccccc4)cc3)c3c(N)ncnc32)C1.O=C(O)[C@H](O)[C@@H](O)[C@H](O)[C@H](O)CO. The first-order chi connectivity index (χ1) is 22.0. The first-order valence-corrected chi connectivity index (χ1v) is 14.3. The van der Waals surface area contributed by atoms with Gasteiger partial charge in [0.25, 0.3) is 0 Å². The summed E-state index contributed by atoms with van der Waals surface area (Å²) in [5, 5.41) is 57.4. The predicted molar refractivity (Wildman–Crippen MR) is 165 cm³/mol. The summed E-state index contributed by atoms with van der Waals surface area (Å²) in [7, 11) is 0. The average Bonchev–Trinajstić information content (AvgIpc) is 3.48. The number of rotatable bonds is 10. The summed E-state index contributed by atoms with van der Waals surface area (Å²) >= 11 is 0. The van der Waals surface area contributed by atoms with Crippen LogP contribution in [0, 0.1) is 0 Å². The molecule has 4 aromatic rings. The molecule has 0 saturated carbocycles. The first kappa shape index (κ1) is 34.0. The highest BCUT2D eigenvalue weighted by Crippen LogP contribution is 2.34. The number of aliphatic hydroxyl groups is 5. The van der Waals surface area contributed by atoms with Crippen LogP contribution in [-0.4, -0.2) is 111 Å². The topological polar surface area (TPSA) is 238 Å². The zero-order chi connectivity index (χ0) is 33.4. The molecule has 0 unspecified atom stereocenters. The highest BCUT2D eigenvalue weighted by Gasteiger charge is 2.34. The van der Waals surface area contributed by atoms with Crippen molar-refractivity contribution in [1.82, 2.24) is 24.6 Å². The number of fused-ring (bicyclic) bond motifs is 1. The van der Waals surface area contributed by atoms with E-state index in [1.165, 1.54) is 12.4 Å². The number of benzene rings is 2. The van der Waals surface area contributed by atoms with Crippen LogP contribution in [0.2, 0.25) is 0 Å². The summed E-state index contributed by atoms with van der Waals surface area (Å²) in [6, 6.07) is 17.3. The van der Waals surface area contributed by atoms with Crippen molar-refractivity contribution in [3.8, 4) is 22.8 Å². The van der Waals surface area contributed by atoms with Gasteiger partial charge in [-0.1, -0.05) is 24.8 Å². The van der Waals surface area contributed by atoms with E-state index >= 15 is 0 Å². The Hall–Kier alpha value is -4.93. The highest BCUT2D eigenvalue weighted by molar-refractivity contribution is 5.98. The van der Waals surface area contributed by atoms with Crippen molar-refractivity contribution >= 4 is 28.7 Å². The number of anilines is 1. The van der Waals surface area contributed by atoms with Gasteiger partial charge in [0.2, 0.25) is 5.91 Å². The van der Waals surface area contributed by atoms with E-state index in [0.29, 0.717) is 35.6 Å². The van der Waals surface area contributed by atoms with Crippen LogP contribution in [-0.2, 0) is 9.59 Å². The predicted octanol–water partition coefficient (Wildman–Crippen LogP) is 0.724. The Bertz CT molecular complexity index is 1630. The smallest absolute Gasteiger partial charge is 0.335 e. The first-order valence-electron chi connectivity index (χ1n) is 14.3. The standard InChI is InChI=1S/C25H24N6O2.C6H12O7/c1-2-21(32)30-14-6-7-18(15-30)31-25-22(24(26)27-16-28-25)23(29-31)17-10-12-20(13-11-17)33-19-8-4-3-5-9-19;7-1-2(8)3(9)4(10)5(11)6(12)13/h2-5,8-13,16,18H,1,6-7,14-15H2,(H2,26,27,28);2-5,7-11H,1H2,(H,12,13)/t18-;2-,3-,4+,5-/m11/s1. The number of aliphatic hydroxyl groups excluding tert-OH is 5. The van der Waals surface area contributed by atoms with Crippen LogP contribution in [0.1, 0.15) is 18.9 Å². The molecule has 244 valence electrons.